The molecule has 0 fully saturated rings. The van der Waals surface area contributed by atoms with Crippen molar-refractivity contribution in [2.24, 2.45) is 0 Å². The molecule has 0 saturated heterocycles. The van der Waals surface area contributed by atoms with E-state index in [0.29, 0.717) is 0 Å². The average molecular weight is 1090 g/mol. The summed E-state index contributed by atoms with van der Waals surface area (Å²) >= 11 is 0. The van der Waals surface area contributed by atoms with Crippen molar-refractivity contribution < 1.29 is 13.3 Å². The number of rotatable bonds is 10. The van der Waals surface area contributed by atoms with Crippen molar-refractivity contribution in [2.75, 3.05) is 9.80 Å². The first kappa shape index (κ1) is 48.3. The van der Waals surface area contributed by atoms with Crippen molar-refractivity contribution in [3.05, 3.63) is 303 Å². The highest BCUT2D eigenvalue weighted by molar-refractivity contribution is 6.31. The van der Waals surface area contributed by atoms with Gasteiger partial charge >= 0.3 is 0 Å². The van der Waals surface area contributed by atoms with Gasteiger partial charge < -0.3 is 23.1 Å². The van der Waals surface area contributed by atoms with Gasteiger partial charge in [-0.1, -0.05) is 255 Å². The Balaban J connectivity index is 0.977. The number of anilines is 6. The number of hydrogen-bond acceptors (Lipinski definition) is 5. The van der Waals surface area contributed by atoms with Crippen LogP contribution in [0.25, 0.3) is 132 Å². The lowest BCUT2D eigenvalue weighted by molar-refractivity contribution is 0.667. The molecular formula is C80H50N2O3. The molecule has 0 radical (unpaired) electrons. The molecular weight excluding hydrogens is 1040 g/mol. The summed E-state index contributed by atoms with van der Waals surface area (Å²) in [4.78, 5) is 4.83. The maximum atomic E-state index is 7.58. The maximum absolute atomic E-state index is 7.58. The molecule has 17 rings (SSSR count). The Bertz CT molecular complexity index is 5090. The van der Waals surface area contributed by atoms with E-state index < -0.39 is 0 Å². The predicted molar refractivity (Wildman–Crippen MR) is 354 cm³/mol. The van der Waals surface area contributed by atoms with Gasteiger partial charge in [0.05, 0.1) is 34.1 Å². The van der Waals surface area contributed by atoms with Crippen LogP contribution in [-0.2, 0) is 0 Å². The van der Waals surface area contributed by atoms with Crippen LogP contribution in [0.2, 0.25) is 0 Å². The highest BCUT2D eigenvalue weighted by atomic mass is 16.3. The van der Waals surface area contributed by atoms with Crippen LogP contribution in [0.4, 0.5) is 34.1 Å². The SMILES string of the molecule is c1ccc(-c2ccc(-c3ccccc3)c(N(c3cc4oc5cc(N(c6cc(-c7ccccc7)ccc6-c6ccccc6)c6cccc7c6oc6ccccc67)c6ccccc6c5c4c4ccccc34)c3cccc4c3oc3ccccc34)c2)cc1. The van der Waals surface area contributed by atoms with Crippen LogP contribution in [0.1, 0.15) is 0 Å². The molecule has 5 nitrogen and oxygen atoms in total. The molecule has 0 aliphatic rings. The third-order valence-corrected chi connectivity index (χ3v) is 17.0. The molecule has 17 aromatic rings. The van der Waals surface area contributed by atoms with E-state index >= 15 is 0 Å². The van der Waals surface area contributed by atoms with Gasteiger partial charge in [0, 0.05) is 66.3 Å². The third kappa shape index (κ3) is 7.86. The molecule has 0 spiro atoms. The third-order valence-electron chi connectivity index (χ3n) is 17.0. The van der Waals surface area contributed by atoms with Gasteiger partial charge in [0.15, 0.2) is 11.2 Å². The predicted octanol–water partition coefficient (Wildman–Crippen LogP) is 23.3. The summed E-state index contributed by atoms with van der Waals surface area (Å²) in [7, 11) is 0. The minimum atomic E-state index is 0.759. The van der Waals surface area contributed by atoms with Gasteiger partial charge in [0.1, 0.15) is 22.3 Å². The second-order valence-electron chi connectivity index (χ2n) is 21.8. The molecule has 0 unspecified atom stereocenters. The molecule has 0 amide bonds. The van der Waals surface area contributed by atoms with E-state index in [1.807, 2.05) is 12.1 Å². The summed E-state index contributed by atoms with van der Waals surface area (Å²) in [6.45, 7) is 0. The van der Waals surface area contributed by atoms with Crippen LogP contribution in [-0.4, -0.2) is 0 Å². The fraction of sp³-hybridized carbons (Fsp3) is 0. The molecule has 0 N–H and O–H groups in total. The van der Waals surface area contributed by atoms with Crippen LogP contribution in [0.15, 0.2) is 317 Å². The smallest absolute Gasteiger partial charge is 0.159 e. The zero-order valence-electron chi connectivity index (χ0n) is 46.0. The van der Waals surface area contributed by atoms with Gasteiger partial charge in [-0.25, -0.2) is 0 Å². The fourth-order valence-electron chi connectivity index (χ4n) is 13.2. The van der Waals surface area contributed by atoms with E-state index in [1.54, 1.807) is 0 Å². The van der Waals surface area contributed by atoms with Gasteiger partial charge in [0.25, 0.3) is 0 Å². The van der Waals surface area contributed by atoms with Crippen LogP contribution in [0.5, 0.6) is 0 Å². The van der Waals surface area contributed by atoms with Crippen molar-refractivity contribution in [1.29, 1.82) is 0 Å². The van der Waals surface area contributed by atoms with E-state index in [9.17, 15) is 0 Å². The Kier molecular flexibility index (Phi) is 11.2. The number of benzene rings is 14. The van der Waals surface area contributed by atoms with Crippen LogP contribution < -0.4 is 9.80 Å². The number of hydrogen-bond donors (Lipinski definition) is 0. The minimum absolute atomic E-state index is 0.759. The summed E-state index contributed by atoms with van der Waals surface area (Å²) in [6.07, 6.45) is 0. The summed E-state index contributed by atoms with van der Waals surface area (Å²) in [6, 6.07) is 108. The van der Waals surface area contributed by atoms with E-state index in [1.165, 1.54) is 0 Å². The highest BCUT2D eigenvalue weighted by Gasteiger charge is 2.30. The Morgan fingerprint density at radius 3 is 0.941 bits per heavy atom. The zero-order valence-corrected chi connectivity index (χ0v) is 46.0. The Hall–Kier alpha value is -11.4. The van der Waals surface area contributed by atoms with E-state index in [-0.39, 0.29) is 0 Å². The summed E-state index contributed by atoms with van der Waals surface area (Å²) in [5, 5.41) is 10.6. The maximum Gasteiger partial charge on any atom is 0.159 e. The Labute approximate surface area is 489 Å². The van der Waals surface area contributed by atoms with Crippen LogP contribution in [0, 0.1) is 0 Å². The number of nitrogens with zero attached hydrogens (tertiary/aromatic N) is 2. The lowest BCUT2D eigenvalue weighted by atomic mass is 9.94. The summed E-state index contributed by atoms with van der Waals surface area (Å²) in [5.41, 5.74) is 19.3. The molecule has 14 aromatic carbocycles. The molecule has 3 aromatic heterocycles. The van der Waals surface area contributed by atoms with E-state index in [0.717, 1.165) is 166 Å². The molecule has 0 bridgehead atoms. The largest absolute Gasteiger partial charge is 0.456 e. The van der Waals surface area contributed by atoms with Crippen molar-refractivity contribution in [3.63, 3.8) is 0 Å². The van der Waals surface area contributed by atoms with Crippen molar-refractivity contribution >= 4 is 121 Å². The number of para-hydroxylation sites is 4. The average Bonchev–Trinajstić information content (AvgIpc) is 1.88. The van der Waals surface area contributed by atoms with E-state index in [4.69, 9.17) is 13.3 Å². The fourth-order valence-corrected chi connectivity index (χ4v) is 13.2. The second kappa shape index (κ2) is 19.7. The highest BCUT2D eigenvalue weighted by Crippen LogP contribution is 2.54. The van der Waals surface area contributed by atoms with Gasteiger partial charge in [-0.3, -0.25) is 0 Å². The van der Waals surface area contributed by atoms with Crippen molar-refractivity contribution in [2.45, 2.75) is 0 Å². The Morgan fingerprint density at radius 1 is 0.188 bits per heavy atom. The first-order chi connectivity index (χ1) is 42.2. The molecule has 85 heavy (non-hydrogen) atoms. The minimum Gasteiger partial charge on any atom is -0.456 e. The molecule has 0 aliphatic heterocycles. The number of furan rings is 3. The summed E-state index contributed by atoms with van der Waals surface area (Å²) in [5.74, 6) is 0. The van der Waals surface area contributed by atoms with Crippen molar-refractivity contribution in [1.82, 2.24) is 0 Å². The lowest BCUT2D eigenvalue weighted by Crippen LogP contribution is -2.12. The first-order valence-electron chi connectivity index (χ1n) is 28.9. The van der Waals surface area contributed by atoms with Gasteiger partial charge in [-0.2, -0.15) is 0 Å². The normalized spacial score (nSPS) is 11.8. The van der Waals surface area contributed by atoms with Crippen LogP contribution in [0.3, 0.4) is 0 Å². The topological polar surface area (TPSA) is 45.9 Å². The van der Waals surface area contributed by atoms with Gasteiger partial charge in [0.2, 0.25) is 0 Å². The summed E-state index contributed by atoms with van der Waals surface area (Å²) < 4.78 is 21.6. The molecule has 5 heteroatoms. The molecule has 3 heterocycles. The molecule has 0 aliphatic carbocycles. The standard InChI is InChI=1S/C80H50N2O3/c1-5-23-51(24-6-1)55-43-45-57(53-27-9-3-10-28-53)69(47-55)81(67-39-21-37-65-61-33-17-19-41-73(61)84-79(65)67)71-49-75-77(63-35-15-13-31-59(63)71)78-64-36-16-14-32-60(64)72(50-76(78)83-75)82(68-40-22-38-66-62-34-18-20-42-74(62)85-80(66)68)70-48-56(52-25-7-2-8-26-52)44-46-58(70)54-29-11-4-12-30-54/h1-50H. The van der Waals surface area contributed by atoms with Gasteiger partial charge in [-0.05, 0) is 80.6 Å². The zero-order chi connectivity index (χ0) is 56.0. The second-order valence-corrected chi connectivity index (χ2v) is 21.8. The number of fused-ring (bicyclic) bond motifs is 13. The monoisotopic (exact) mass is 1090 g/mol. The molecule has 0 saturated carbocycles. The molecule has 398 valence electrons. The Morgan fingerprint density at radius 2 is 0.529 bits per heavy atom. The van der Waals surface area contributed by atoms with Gasteiger partial charge in [-0.15, -0.1) is 0 Å². The molecule has 0 atom stereocenters. The quantitative estimate of drug-likeness (QED) is 0.137. The lowest BCUT2D eigenvalue weighted by Gasteiger charge is -2.30. The van der Waals surface area contributed by atoms with E-state index in [2.05, 4.69) is 301 Å². The van der Waals surface area contributed by atoms with Crippen molar-refractivity contribution in [3.8, 4) is 44.5 Å². The first-order valence-corrected chi connectivity index (χ1v) is 28.9. The van der Waals surface area contributed by atoms with Crippen LogP contribution >= 0.6 is 0 Å².